The molecule has 4 aromatic carbocycles. The van der Waals surface area contributed by atoms with Gasteiger partial charge in [0.15, 0.2) is 0 Å². The Hall–Kier alpha value is -4.90. The van der Waals surface area contributed by atoms with Gasteiger partial charge in [-0.05, 0) is 83.9 Å². The highest BCUT2D eigenvalue weighted by Gasteiger charge is 2.50. The number of hydrogen-bond acceptors (Lipinski definition) is 4. The van der Waals surface area contributed by atoms with Crippen LogP contribution in [0.2, 0.25) is 0 Å². The Morgan fingerprint density at radius 2 is 1.26 bits per heavy atom. The van der Waals surface area contributed by atoms with Crippen LogP contribution in [0.3, 0.4) is 0 Å². The maximum atomic E-state index is 6.88. The molecule has 0 fully saturated rings. The van der Waals surface area contributed by atoms with Gasteiger partial charge in [0.05, 0.1) is 11.4 Å². The van der Waals surface area contributed by atoms with Gasteiger partial charge >= 0.3 is 6.71 Å². The summed E-state index contributed by atoms with van der Waals surface area (Å²) >= 11 is 0. The van der Waals surface area contributed by atoms with Crippen molar-refractivity contribution in [1.29, 1.82) is 0 Å². The van der Waals surface area contributed by atoms with E-state index in [0.717, 1.165) is 63.2 Å². The molecule has 9 rings (SSSR count). The van der Waals surface area contributed by atoms with Crippen molar-refractivity contribution in [2.45, 2.75) is 39.0 Å². The first-order chi connectivity index (χ1) is 21.0. The van der Waals surface area contributed by atoms with Crippen molar-refractivity contribution in [3.05, 3.63) is 120 Å². The summed E-state index contributed by atoms with van der Waals surface area (Å²) in [7, 11) is 0. The van der Waals surface area contributed by atoms with E-state index >= 15 is 0 Å². The molecule has 3 aliphatic rings. The average Bonchev–Trinajstić information content (AvgIpc) is 3.60. The van der Waals surface area contributed by atoms with Crippen LogP contribution in [0.15, 0.2) is 124 Å². The van der Waals surface area contributed by atoms with Crippen molar-refractivity contribution in [3.8, 4) is 0 Å². The summed E-state index contributed by atoms with van der Waals surface area (Å²) in [6.07, 6.45) is 9.00. The molecule has 0 unspecified atom stereocenters. The molecule has 0 N–H and O–H groups in total. The monoisotopic (exact) mass is 558 g/mol. The molecule has 2 aliphatic heterocycles. The van der Waals surface area contributed by atoms with Crippen molar-refractivity contribution in [1.82, 2.24) is 0 Å². The quantitative estimate of drug-likeness (QED) is 0.199. The Balaban J connectivity index is 1.47. The molecule has 0 saturated carbocycles. The van der Waals surface area contributed by atoms with Crippen molar-refractivity contribution in [3.63, 3.8) is 0 Å². The number of furan rings is 2. The molecule has 0 bridgehead atoms. The lowest BCUT2D eigenvalue weighted by Gasteiger charge is -2.42. The third-order valence-corrected chi connectivity index (χ3v) is 9.18. The van der Waals surface area contributed by atoms with Gasteiger partial charge in [0, 0.05) is 33.5 Å². The number of anilines is 5. The van der Waals surface area contributed by atoms with Crippen LogP contribution in [-0.2, 0) is 5.41 Å². The summed E-state index contributed by atoms with van der Waals surface area (Å²) < 4.78 is 13.8. The van der Waals surface area contributed by atoms with Crippen LogP contribution in [0, 0.1) is 0 Å². The van der Waals surface area contributed by atoms with E-state index in [1.807, 2.05) is 0 Å². The van der Waals surface area contributed by atoms with Gasteiger partial charge in [0.1, 0.15) is 22.5 Å². The molecule has 6 aromatic rings. The van der Waals surface area contributed by atoms with E-state index in [4.69, 9.17) is 8.83 Å². The fourth-order valence-electron chi connectivity index (χ4n) is 7.18. The predicted molar refractivity (Wildman–Crippen MR) is 179 cm³/mol. The number of nitrogens with zero attached hydrogens (tertiary/aromatic N) is 2. The maximum absolute atomic E-state index is 6.88. The molecular formula is C38H31BN2O2. The summed E-state index contributed by atoms with van der Waals surface area (Å²) in [5, 5.41) is 2.22. The van der Waals surface area contributed by atoms with Gasteiger partial charge in [-0.1, -0.05) is 75.4 Å². The molecule has 0 radical (unpaired) electrons. The van der Waals surface area contributed by atoms with Gasteiger partial charge in [-0.15, -0.1) is 0 Å². The normalized spacial score (nSPS) is 15.5. The molecule has 0 atom stereocenters. The predicted octanol–water partition coefficient (Wildman–Crippen LogP) is 8.46. The van der Waals surface area contributed by atoms with Gasteiger partial charge in [-0.2, -0.15) is 0 Å². The fourth-order valence-corrected chi connectivity index (χ4v) is 7.18. The third-order valence-electron chi connectivity index (χ3n) is 9.18. The second-order valence-electron chi connectivity index (χ2n) is 12.8. The molecule has 0 saturated heterocycles. The van der Waals surface area contributed by atoms with Gasteiger partial charge in [-0.3, -0.25) is 0 Å². The lowest BCUT2D eigenvalue weighted by Crippen LogP contribution is -2.61. The topological polar surface area (TPSA) is 32.8 Å². The number of para-hydroxylation sites is 3. The van der Waals surface area contributed by atoms with Gasteiger partial charge in [-0.25, -0.2) is 0 Å². The van der Waals surface area contributed by atoms with Crippen LogP contribution in [-0.4, -0.2) is 6.71 Å². The number of rotatable bonds is 2. The first-order valence-corrected chi connectivity index (χ1v) is 15.2. The Kier molecular flexibility index (Phi) is 5.06. The lowest BCUT2D eigenvalue weighted by atomic mass is 9.37. The minimum absolute atomic E-state index is 0.0661. The Bertz CT molecular complexity index is 2140. The second-order valence-corrected chi connectivity index (χ2v) is 12.8. The van der Waals surface area contributed by atoms with Crippen LogP contribution < -0.4 is 26.6 Å². The van der Waals surface area contributed by atoms with Crippen LogP contribution in [0.5, 0.6) is 0 Å². The largest absolute Gasteiger partial charge is 0.468 e. The highest BCUT2D eigenvalue weighted by molar-refractivity contribution is 6.99. The van der Waals surface area contributed by atoms with E-state index in [1.165, 1.54) is 28.1 Å². The van der Waals surface area contributed by atoms with Crippen molar-refractivity contribution < 1.29 is 8.83 Å². The van der Waals surface area contributed by atoms with Gasteiger partial charge in [0.2, 0.25) is 0 Å². The van der Waals surface area contributed by atoms with E-state index < -0.39 is 0 Å². The smallest absolute Gasteiger partial charge is 0.342 e. The molecule has 1 aliphatic carbocycles. The first-order valence-electron chi connectivity index (χ1n) is 15.2. The zero-order valence-electron chi connectivity index (χ0n) is 24.6. The average molecular weight is 558 g/mol. The Morgan fingerprint density at radius 3 is 1.86 bits per heavy atom. The standard InChI is InChI=1S/C38H31BN2O2/c1-38(2,3)24-22-29-33-30(23-24)41(26-16-8-5-9-17-26)35-28-19-11-13-21-32(28)43-37(35)39(33)36-34(27-18-10-12-20-31(27)42-36)40(29)25-14-6-4-7-15-25/h4,6-8,10-23H,5,9H2,1-3H3. The van der Waals surface area contributed by atoms with E-state index in [9.17, 15) is 0 Å². The highest BCUT2D eigenvalue weighted by Crippen LogP contribution is 2.48. The summed E-state index contributed by atoms with van der Waals surface area (Å²) in [6, 6.07) is 32.4. The molecule has 2 aromatic heterocycles. The highest BCUT2D eigenvalue weighted by atomic mass is 16.3. The van der Waals surface area contributed by atoms with Crippen molar-refractivity contribution in [2.75, 3.05) is 9.80 Å². The number of allylic oxidation sites excluding steroid dienone is 3. The molecule has 0 spiro atoms. The minimum atomic E-state index is -0.187. The van der Waals surface area contributed by atoms with Crippen molar-refractivity contribution in [2.24, 2.45) is 0 Å². The van der Waals surface area contributed by atoms with E-state index in [1.54, 1.807) is 0 Å². The lowest BCUT2D eigenvalue weighted by molar-refractivity contribution is 0.590. The second kappa shape index (κ2) is 8.81. The van der Waals surface area contributed by atoms with Crippen LogP contribution in [0.25, 0.3) is 21.9 Å². The third kappa shape index (κ3) is 3.45. The maximum Gasteiger partial charge on any atom is 0.342 e. The van der Waals surface area contributed by atoms with Crippen LogP contribution >= 0.6 is 0 Å². The van der Waals surface area contributed by atoms with Gasteiger partial charge < -0.3 is 18.6 Å². The zero-order valence-corrected chi connectivity index (χ0v) is 24.6. The van der Waals surface area contributed by atoms with E-state index in [0.29, 0.717) is 0 Å². The molecular weight excluding hydrogens is 527 g/mol. The molecule has 4 nitrogen and oxygen atoms in total. The summed E-state index contributed by atoms with van der Waals surface area (Å²) in [4.78, 5) is 4.88. The molecule has 208 valence electrons. The van der Waals surface area contributed by atoms with E-state index in [-0.39, 0.29) is 12.1 Å². The number of hydrogen-bond donors (Lipinski definition) is 0. The molecule has 0 amide bonds. The fraction of sp³-hybridized carbons (Fsp3) is 0.158. The van der Waals surface area contributed by atoms with Crippen LogP contribution in [0.4, 0.5) is 28.4 Å². The first kappa shape index (κ1) is 24.7. The summed E-state index contributed by atoms with van der Waals surface area (Å²) in [5.41, 5.74) is 13.0. The molecule has 5 heteroatoms. The van der Waals surface area contributed by atoms with Crippen LogP contribution in [0.1, 0.15) is 39.2 Å². The van der Waals surface area contributed by atoms with E-state index in [2.05, 4.69) is 140 Å². The van der Waals surface area contributed by atoms with Gasteiger partial charge in [0.25, 0.3) is 0 Å². The minimum Gasteiger partial charge on any atom is -0.468 e. The molecule has 43 heavy (non-hydrogen) atoms. The Morgan fingerprint density at radius 1 is 0.674 bits per heavy atom. The number of benzene rings is 4. The SMILES string of the molecule is CC(C)(C)c1cc2c3c(c1)N(c1ccccc1)c1c(oc4ccccc14)B3c1oc3ccccc3c1N2C1=CCCC=C1. The molecule has 4 heterocycles. The van der Waals surface area contributed by atoms with Crippen molar-refractivity contribution >= 4 is 73.9 Å². The summed E-state index contributed by atoms with van der Waals surface area (Å²) in [6.45, 7) is 6.73. The summed E-state index contributed by atoms with van der Waals surface area (Å²) in [5.74, 6) is 0. The zero-order chi connectivity index (χ0) is 28.9. The number of fused-ring (bicyclic) bond motifs is 8. The Labute approximate surface area is 251 Å².